The summed E-state index contributed by atoms with van der Waals surface area (Å²) < 4.78 is 28.7. The standard InChI is InChI=1S/C19H24N2O3S2/c1-4-15-5-7-16(8-6-15)13(2)20-26(23,24)19-11-17-12-21(14(3)22)10-9-18(17)25-19/h5-8,11,13,20H,4,9-10,12H2,1-3H3/t13-/m0/s1. The van der Waals surface area contributed by atoms with E-state index in [9.17, 15) is 13.2 Å². The van der Waals surface area contributed by atoms with E-state index in [1.165, 1.54) is 16.9 Å². The Morgan fingerprint density at radius 2 is 2.00 bits per heavy atom. The Morgan fingerprint density at radius 1 is 1.31 bits per heavy atom. The van der Waals surface area contributed by atoms with Crippen LogP contribution in [0.1, 0.15) is 48.4 Å². The Balaban J connectivity index is 1.77. The highest BCUT2D eigenvalue weighted by Crippen LogP contribution is 2.31. The molecule has 0 fully saturated rings. The first-order valence-corrected chi connectivity index (χ1v) is 11.1. The van der Waals surface area contributed by atoms with Crippen LogP contribution in [0.5, 0.6) is 0 Å². The Labute approximate surface area is 159 Å². The number of carbonyl (C=O) groups is 1. The molecule has 0 radical (unpaired) electrons. The fourth-order valence-electron chi connectivity index (χ4n) is 3.11. The Bertz CT molecular complexity index is 901. The van der Waals surface area contributed by atoms with E-state index in [2.05, 4.69) is 11.6 Å². The lowest BCUT2D eigenvalue weighted by Crippen LogP contribution is -2.33. The van der Waals surface area contributed by atoms with Gasteiger partial charge in [0.15, 0.2) is 0 Å². The summed E-state index contributed by atoms with van der Waals surface area (Å²) in [4.78, 5) is 14.4. The van der Waals surface area contributed by atoms with Crippen molar-refractivity contribution in [1.82, 2.24) is 9.62 Å². The number of hydrogen-bond acceptors (Lipinski definition) is 4. The van der Waals surface area contributed by atoms with Gasteiger partial charge < -0.3 is 4.90 Å². The second-order valence-electron chi connectivity index (χ2n) is 6.64. The topological polar surface area (TPSA) is 66.5 Å². The van der Waals surface area contributed by atoms with E-state index in [0.29, 0.717) is 23.7 Å². The van der Waals surface area contributed by atoms with E-state index in [4.69, 9.17) is 0 Å². The molecule has 2 heterocycles. The molecule has 5 nitrogen and oxygen atoms in total. The fourth-order valence-corrected chi connectivity index (χ4v) is 5.90. The highest BCUT2D eigenvalue weighted by Gasteiger charge is 2.26. The first-order valence-electron chi connectivity index (χ1n) is 8.78. The van der Waals surface area contributed by atoms with Crippen LogP contribution in [0.2, 0.25) is 0 Å². The van der Waals surface area contributed by atoms with Crippen molar-refractivity contribution in [1.29, 1.82) is 0 Å². The van der Waals surface area contributed by atoms with Gasteiger partial charge in [-0.05, 0) is 42.5 Å². The number of rotatable bonds is 5. The molecule has 0 unspecified atom stereocenters. The molecule has 0 saturated heterocycles. The average Bonchev–Trinajstić information content (AvgIpc) is 3.05. The summed E-state index contributed by atoms with van der Waals surface area (Å²) in [6.07, 6.45) is 1.67. The highest BCUT2D eigenvalue weighted by molar-refractivity contribution is 7.91. The highest BCUT2D eigenvalue weighted by atomic mass is 32.2. The summed E-state index contributed by atoms with van der Waals surface area (Å²) in [5, 5.41) is 0. The van der Waals surface area contributed by atoms with Crippen molar-refractivity contribution in [3.05, 3.63) is 51.9 Å². The largest absolute Gasteiger partial charge is 0.338 e. The van der Waals surface area contributed by atoms with Crippen molar-refractivity contribution in [3.8, 4) is 0 Å². The summed E-state index contributed by atoms with van der Waals surface area (Å²) in [6.45, 7) is 6.62. The third-order valence-corrected chi connectivity index (χ3v) is 8.03. The number of aryl methyl sites for hydroxylation is 1. The molecule has 0 aliphatic carbocycles. The zero-order valence-corrected chi connectivity index (χ0v) is 16.9. The molecule has 1 atom stereocenters. The van der Waals surface area contributed by atoms with Gasteiger partial charge in [-0.25, -0.2) is 13.1 Å². The molecule has 1 aliphatic heterocycles. The van der Waals surface area contributed by atoms with E-state index in [-0.39, 0.29) is 11.9 Å². The van der Waals surface area contributed by atoms with Crippen molar-refractivity contribution < 1.29 is 13.2 Å². The molecule has 140 valence electrons. The zero-order chi connectivity index (χ0) is 18.9. The second-order valence-corrected chi connectivity index (χ2v) is 9.72. The summed E-state index contributed by atoms with van der Waals surface area (Å²) >= 11 is 1.31. The van der Waals surface area contributed by atoms with Crippen LogP contribution in [0, 0.1) is 0 Å². The molecule has 0 spiro atoms. The number of nitrogens with one attached hydrogen (secondary N) is 1. The molecular formula is C19H24N2O3S2. The molecule has 3 rings (SSSR count). The second kappa shape index (κ2) is 7.50. The normalized spacial score (nSPS) is 15.6. The van der Waals surface area contributed by atoms with E-state index in [1.54, 1.807) is 17.9 Å². The Morgan fingerprint density at radius 3 is 2.62 bits per heavy atom. The number of hydrogen-bond donors (Lipinski definition) is 1. The predicted octanol–water partition coefficient (Wildman–Crippen LogP) is 3.25. The van der Waals surface area contributed by atoms with Gasteiger partial charge in [0.25, 0.3) is 10.0 Å². The van der Waals surface area contributed by atoms with Crippen LogP contribution in [0.15, 0.2) is 34.5 Å². The minimum atomic E-state index is -3.59. The number of thiophene rings is 1. The lowest BCUT2D eigenvalue weighted by atomic mass is 10.1. The minimum Gasteiger partial charge on any atom is -0.338 e. The van der Waals surface area contributed by atoms with Crippen LogP contribution in [-0.4, -0.2) is 25.8 Å². The molecule has 26 heavy (non-hydrogen) atoms. The number of fused-ring (bicyclic) bond motifs is 1. The molecule has 0 saturated carbocycles. The summed E-state index contributed by atoms with van der Waals surface area (Å²) in [6, 6.07) is 9.40. The predicted molar refractivity (Wildman–Crippen MR) is 104 cm³/mol. The number of sulfonamides is 1. The zero-order valence-electron chi connectivity index (χ0n) is 15.3. The Kier molecular flexibility index (Phi) is 5.50. The molecule has 0 bridgehead atoms. The van der Waals surface area contributed by atoms with Gasteiger partial charge in [0.05, 0.1) is 0 Å². The van der Waals surface area contributed by atoms with E-state index >= 15 is 0 Å². The quantitative estimate of drug-likeness (QED) is 0.849. The van der Waals surface area contributed by atoms with Crippen LogP contribution in [-0.2, 0) is 34.2 Å². The Hall–Kier alpha value is -1.70. The van der Waals surface area contributed by atoms with Gasteiger partial charge in [0.2, 0.25) is 5.91 Å². The molecule has 1 N–H and O–H groups in total. The molecule has 1 aliphatic rings. The molecule has 2 aromatic rings. The maximum Gasteiger partial charge on any atom is 0.250 e. The molecule has 7 heteroatoms. The van der Waals surface area contributed by atoms with Crippen LogP contribution >= 0.6 is 11.3 Å². The van der Waals surface area contributed by atoms with Gasteiger partial charge >= 0.3 is 0 Å². The van der Waals surface area contributed by atoms with Gasteiger partial charge in [-0.1, -0.05) is 31.2 Å². The lowest BCUT2D eigenvalue weighted by molar-refractivity contribution is -0.129. The van der Waals surface area contributed by atoms with E-state index < -0.39 is 10.0 Å². The number of nitrogens with zero attached hydrogens (tertiary/aromatic N) is 1. The van der Waals surface area contributed by atoms with Crippen molar-refractivity contribution in [2.45, 2.75) is 50.4 Å². The van der Waals surface area contributed by atoms with Gasteiger partial charge in [-0.2, -0.15) is 0 Å². The van der Waals surface area contributed by atoms with Crippen LogP contribution in [0.4, 0.5) is 0 Å². The first kappa shape index (κ1) is 19.1. The van der Waals surface area contributed by atoms with Gasteiger partial charge in [0.1, 0.15) is 4.21 Å². The third kappa shape index (κ3) is 4.00. The van der Waals surface area contributed by atoms with Crippen molar-refractivity contribution in [2.75, 3.05) is 6.54 Å². The van der Waals surface area contributed by atoms with Crippen LogP contribution in [0.3, 0.4) is 0 Å². The smallest absolute Gasteiger partial charge is 0.250 e. The van der Waals surface area contributed by atoms with Gasteiger partial charge in [0, 0.05) is 30.9 Å². The first-order chi connectivity index (χ1) is 12.3. The summed E-state index contributed by atoms with van der Waals surface area (Å²) in [5.74, 6) is 0.0218. The SMILES string of the molecule is CCc1ccc([C@H](C)NS(=O)(=O)c2cc3c(s2)CCN(C(C)=O)C3)cc1. The molecular weight excluding hydrogens is 368 g/mol. The lowest BCUT2D eigenvalue weighted by Gasteiger charge is -2.25. The van der Waals surface area contributed by atoms with Gasteiger partial charge in [-0.3, -0.25) is 4.79 Å². The van der Waals surface area contributed by atoms with Crippen molar-refractivity contribution in [3.63, 3.8) is 0 Å². The summed E-state index contributed by atoms with van der Waals surface area (Å²) in [5.41, 5.74) is 3.11. The summed E-state index contributed by atoms with van der Waals surface area (Å²) in [7, 11) is -3.59. The maximum absolute atomic E-state index is 12.8. The van der Waals surface area contributed by atoms with Crippen LogP contribution < -0.4 is 4.72 Å². The minimum absolute atomic E-state index is 0.0218. The average molecular weight is 393 g/mol. The van der Waals surface area contributed by atoms with Crippen LogP contribution in [0.25, 0.3) is 0 Å². The van der Waals surface area contributed by atoms with E-state index in [1.807, 2.05) is 31.2 Å². The monoisotopic (exact) mass is 392 g/mol. The molecule has 1 amide bonds. The molecule has 1 aromatic carbocycles. The van der Waals surface area contributed by atoms with Gasteiger partial charge in [-0.15, -0.1) is 11.3 Å². The third-order valence-electron chi connectivity index (χ3n) is 4.77. The number of carbonyl (C=O) groups excluding carboxylic acids is 1. The molecule has 1 aromatic heterocycles. The van der Waals surface area contributed by atoms with E-state index in [0.717, 1.165) is 22.4 Å². The fraction of sp³-hybridized carbons (Fsp3) is 0.421. The maximum atomic E-state index is 12.8. The van der Waals surface area contributed by atoms with Crippen molar-refractivity contribution in [2.24, 2.45) is 0 Å². The number of benzene rings is 1. The van der Waals surface area contributed by atoms with Crippen molar-refractivity contribution >= 4 is 27.3 Å². The number of amides is 1.